The lowest BCUT2D eigenvalue weighted by Crippen LogP contribution is -2.42. The zero-order chi connectivity index (χ0) is 9.78. The lowest BCUT2D eigenvalue weighted by Gasteiger charge is -2.18. The minimum absolute atomic E-state index is 0.517. The van der Waals surface area contributed by atoms with Gasteiger partial charge in [-0.2, -0.15) is 0 Å². The highest BCUT2D eigenvalue weighted by Crippen LogP contribution is 2.28. The molecule has 0 radical (unpaired) electrons. The summed E-state index contributed by atoms with van der Waals surface area (Å²) in [5.74, 6) is -0.517. The van der Waals surface area contributed by atoms with Crippen LogP contribution < -0.4 is 5.32 Å². The lowest BCUT2D eigenvalue weighted by atomic mass is 10.5. The predicted molar refractivity (Wildman–Crippen MR) is 49.3 cm³/mol. The van der Waals surface area contributed by atoms with E-state index in [0.29, 0.717) is 0 Å². The van der Waals surface area contributed by atoms with Gasteiger partial charge in [0.1, 0.15) is 0 Å². The fourth-order valence-corrected chi connectivity index (χ4v) is 0.580. The van der Waals surface area contributed by atoms with Crippen molar-refractivity contribution in [1.82, 2.24) is 5.32 Å². The summed E-state index contributed by atoms with van der Waals surface area (Å²) < 4.78 is -1.91. The maximum Gasteiger partial charge on any atom is 0.245 e. The third-order valence-corrected chi connectivity index (χ3v) is 1.53. The normalized spacial score (nSPS) is 14.8. The number of hydrogen-bond donors (Lipinski definition) is 2. The Morgan fingerprint density at radius 2 is 2.08 bits per heavy atom. The van der Waals surface area contributed by atoms with E-state index >= 15 is 0 Å². The van der Waals surface area contributed by atoms with Crippen LogP contribution in [-0.2, 0) is 4.79 Å². The first-order valence-electron chi connectivity index (χ1n) is 3.06. The van der Waals surface area contributed by atoms with Gasteiger partial charge in [-0.15, -0.1) is 0 Å². The summed E-state index contributed by atoms with van der Waals surface area (Å²) in [6.45, 7) is 1.65. The summed E-state index contributed by atoms with van der Waals surface area (Å²) in [5.41, 5.74) is 0. The van der Waals surface area contributed by atoms with Gasteiger partial charge < -0.3 is 10.4 Å². The maximum absolute atomic E-state index is 10.8. The summed E-state index contributed by atoms with van der Waals surface area (Å²) in [7, 11) is 0. The van der Waals surface area contributed by atoms with Gasteiger partial charge in [-0.25, -0.2) is 0 Å². The number of alkyl halides is 3. The summed E-state index contributed by atoms with van der Waals surface area (Å²) in [5, 5.41) is 11.1. The van der Waals surface area contributed by atoms with E-state index in [1.165, 1.54) is 12.2 Å². The van der Waals surface area contributed by atoms with E-state index in [1.807, 2.05) is 0 Å². The molecule has 0 heterocycles. The van der Waals surface area contributed by atoms with E-state index in [9.17, 15) is 4.79 Å². The van der Waals surface area contributed by atoms with Crippen LogP contribution in [0.4, 0.5) is 0 Å². The highest BCUT2D eigenvalue weighted by Gasteiger charge is 2.31. The Bertz CT molecular complexity index is 188. The summed E-state index contributed by atoms with van der Waals surface area (Å²) in [4.78, 5) is 10.8. The monoisotopic (exact) mass is 231 g/mol. The van der Waals surface area contributed by atoms with Crippen molar-refractivity contribution in [2.45, 2.75) is 16.9 Å². The minimum Gasteiger partial charge on any atom is -0.369 e. The van der Waals surface area contributed by atoms with Crippen LogP contribution >= 0.6 is 34.8 Å². The van der Waals surface area contributed by atoms with Gasteiger partial charge in [0.25, 0.3) is 0 Å². The average Bonchev–Trinajstić information content (AvgIpc) is 1.85. The molecule has 0 aliphatic carbocycles. The molecule has 0 aliphatic heterocycles. The van der Waals surface area contributed by atoms with E-state index in [4.69, 9.17) is 39.9 Å². The van der Waals surface area contributed by atoms with Gasteiger partial charge in [0.15, 0.2) is 6.23 Å². The van der Waals surface area contributed by atoms with E-state index in [1.54, 1.807) is 6.92 Å². The largest absolute Gasteiger partial charge is 0.369 e. The fraction of sp³-hybridized carbons (Fsp3) is 0.500. The van der Waals surface area contributed by atoms with Crippen LogP contribution in [0, 0.1) is 0 Å². The second-order valence-corrected chi connectivity index (χ2v) is 4.32. The molecule has 0 aromatic rings. The molecule has 70 valence electrons. The number of aliphatic hydroxyl groups excluding tert-OH is 1. The van der Waals surface area contributed by atoms with Gasteiger partial charge >= 0.3 is 0 Å². The van der Waals surface area contributed by atoms with Gasteiger partial charge in [0.2, 0.25) is 9.70 Å². The molecule has 1 atom stereocenters. The van der Waals surface area contributed by atoms with Crippen LogP contribution in [0.2, 0.25) is 0 Å². The van der Waals surface area contributed by atoms with Crippen molar-refractivity contribution in [3.8, 4) is 0 Å². The third kappa shape index (κ3) is 4.83. The Balaban J connectivity index is 4.01. The van der Waals surface area contributed by atoms with Gasteiger partial charge in [-0.05, 0) is 13.0 Å². The molecule has 0 spiro atoms. The number of amides is 1. The fourth-order valence-electron chi connectivity index (χ4n) is 0.416. The molecule has 1 unspecified atom stereocenters. The Labute approximate surface area is 85.3 Å². The van der Waals surface area contributed by atoms with Crippen LogP contribution in [0.1, 0.15) is 6.92 Å². The SMILES string of the molecule is C/C=C/C(=O)NC(O)C(Cl)(Cl)Cl. The molecule has 0 aromatic carbocycles. The van der Waals surface area contributed by atoms with Crippen molar-refractivity contribution in [1.29, 1.82) is 0 Å². The number of carbonyl (C=O) groups is 1. The van der Waals surface area contributed by atoms with E-state index in [0.717, 1.165) is 0 Å². The molecule has 0 saturated heterocycles. The first-order valence-corrected chi connectivity index (χ1v) is 4.19. The number of halogens is 3. The molecule has 1 amide bonds. The molecule has 6 heteroatoms. The number of aliphatic hydroxyl groups is 1. The van der Waals surface area contributed by atoms with Crippen LogP contribution in [-0.4, -0.2) is 21.0 Å². The molecule has 0 saturated carbocycles. The molecule has 0 rings (SSSR count). The van der Waals surface area contributed by atoms with E-state index < -0.39 is 15.9 Å². The average molecular weight is 232 g/mol. The predicted octanol–water partition coefficient (Wildman–Crippen LogP) is 1.37. The van der Waals surface area contributed by atoms with Crippen LogP contribution in [0.15, 0.2) is 12.2 Å². The van der Waals surface area contributed by atoms with Crippen molar-refractivity contribution < 1.29 is 9.90 Å². The first kappa shape index (κ1) is 12.0. The summed E-state index contributed by atoms with van der Waals surface area (Å²) >= 11 is 15.8. The maximum atomic E-state index is 10.8. The van der Waals surface area contributed by atoms with Crippen LogP contribution in [0.3, 0.4) is 0 Å². The zero-order valence-corrected chi connectivity index (χ0v) is 8.49. The Morgan fingerprint density at radius 1 is 1.58 bits per heavy atom. The van der Waals surface area contributed by atoms with Gasteiger partial charge in [-0.3, -0.25) is 4.79 Å². The standard InChI is InChI=1S/C6H8Cl3NO2/c1-2-3-4(11)10-5(12)6(7,8)9/h2-3,5,12H,1H3,(H,10,11)/b3-2+. The molecule has 0 aromatic heterocycles. The second kappa shape index (κ2) is 4.92. The molecular weight excluding hydrogens is 224 g/mol. The van der Waals surface area contributed by atoms with Crippen molar-refractivity contribution in [2.24, 2.45) is 0 Å². The van der Waals surface area contributed by atoms with Crippen LogP contribution in [0.5, 0.6) is 0 Å². The smallest absolute Gasteiger partial charge is 0.245 e. The Morgan fingerprint density at radius 3 is 2.42 bits per heavy atom. The van der Waals surface area contributed by atoms with Crippen LogP contribution in [0.25, 0.3) is 0 Å². The zero-order valence-electron chi connectivity index (χ0n) is 6.22. The molecule has 0 aliphatic rings. The first-order chi connectivity index (χ1) is 5.38. The van der Waals surface area contributed by atoms with Crippen molar-refractivity contribution in [2.75, 3.05) is 0 Å². The van der Waals surface area contributed by atoms with Gasteiger partial charge in [-0.1, -0.05) is 40.9 Å². The van der Waals surface area contributed by atoms with Gasteiger partial charge in [0.05, 0.1) is 0 Å². The quantitative estimate of drug-likeness (QED) is 0.429. The number of allylic oxidation sites excluding steroid dienone is 1. The molecule has 0 bridgehead atoms. The lowest BCUT2D eigenvalue weighted by molar-refractivity contribution is -0.119. The van der Waals surface area contributed by atoms with Crippen molar-refractivity contribution >= 4 is 40.7 Å². The number of nitrogens with one attached hydrogen (secondary N) is 1. The Hall–Kier alpha value is 0.0400. The molecule has 0 fully saturated rings. The summed E-state index contributed by atoms with van der Waals surface area (Å²) in [6, 6.07) is 0. The van der Waals surface area contributed by atoms with Crippen molar-refractivity contribution in [3.05, 3.63) is 12.2 Å². The number of carbonyl (C=O) groups excluding carboxylic acids is 1. The topological polar surface area (TPSA) is 49.3 Å². The van der Waals surface area contributed by atoms with Crippen molar-refractivity contribution in [3.63, 3.8) is 0 Å². The highest BCUT2D eigenvalue weighted by atomic mass is 35.6. The number of rotatable bonds is 2. The molecule has 12 heavy (non-hydrogen) atoms. The number of hydrogen-bond acceptors (Lipinski definition) is 2. The molecule has 2 N–H and O–H groups in total. The Kier molecular flexibility index (Phi) is 4.94. The highest BCUT2D eigenvalue weighted by molar-refractivity contribution is 6.68. The summed E-state index contributed by atoms with van der Waals surface area (Å²) in [6.07, 6.45) is 1.20. The molecule has 3 nitrogen and oxygen atoms in total. The van der Waals surface area contributed by atoms with Gasteiger partial charge in [0, 0.05) is 0 Å². The second-order valence-electron chi connectivity index (χ2n) is 1.95. The van der Waals surface area contributed by atoms with E-state index in [-0.39, 0.29) is 0 Å². The molecular formula is C6H8Cl3NO2. The minimum atomic E-state index is -1.91. The third-order valence-electron chi connectivity index (χ3n) is 0.907. The van der Waals surface area contributed by atoms with E-state index in [2.05, 4.69) is 5.32 Å².